The van der Waals surface area contributed by atoms with Crippen molar-refractivity contribution in [1.29, 1.82) is 0 Å². The Balaban J connectivity index is 1.78. The van der Waals surface area contributed by atoms with E-state index in [0.717, 1.165) is 48.5 Å². The van der Waals surface area contributed by atoms with E-state index in [0.29, 0.717) is 37.6 Å². The van der Waals surface area contributed by atoms with Crippen molar-refractivity contribution in [3.8, 4) is 0 Å². The molecule has 5 nitrogen and oxygen atoms in total. The van der Waals surface area contributed by atoms with Crippen LogP contribution in [0.1, 0.15) is 106 Å². The van der Waals surface area contributed by atoms with Gasteiger partial charge in [0.15, 0.2) is 0 Å². The molecule has 174 valence electrons. The molecule has 1 aromatic heterocycles. The molecule has 0 amide bonds. The van der Waals surface area contributed by atoms with Crippen LogP contribution in [-0.4, -0.2) is 26.3 Å². The molecule has 0 saturated heterocycles. The fourth-order valence-corrected chi connectivity index (χ4v) is 4.49. The van der Waals surface area contributed by atoms with E-state index in [1.54, 1.807) is 6.92 Å². The minimum absolute atomic E-state index is 0.0518. The first-order valence-corrected chi connectivity index (χ1v) is 12.3. The summed E-state index contributed by atoms with van der Waals surface area (Å²) in [6.45, 7) is 10.2. The van der Waals surface area contributed by atoms with Crippen LogP contribution in [0.4, 0.5) is 0 Å². The molecule has 0 radical (unpaired) electrons. The van der Waals surface area contributed by atoms with Crippen LogP contribution in [0, 0.1) is 19.8 Å². The van der Waals surface area contributed by atoms with Crippen LogP contribution in [0.5, 0.6) is 0 Å². The van der Waals surface area contributed by atoms with Gasteiger partial charge in [-0.2, -0.15) is 0 Å². The molecule has 1 unspecified atom stereocenters. The average Bonchev–Trinajstić information content (AvgIpc) is 3.47. The zero-order valence-electron chi connectivity index (χ0n) is 20.5. The molecule has 1 heterocycles. The van der Waals surface area contributed by atoms with E-state index in [9.17, 15) is 9.59 Å². The standard InChI is InChI=1S/C27H39N3O2/c1-18(2)7-6-8-26-28-29-27(30(26)24-13-14-24)23(12-10-21(5)31)17-25(32)16-22-11-9-19(3)15-20(22)4/h9,11,15,18,23-24H,6-8,10,12-14,16-17H2,1-5H3. The van der Waals surface area contributed by atoms with Gasteiger partial charge in [-0.3, -0.25) is 4.79 Å². The van der Waals surface area contributed by atoms with Crippen LogP contribution in [0.3, 0.4) is 0 Å². The van der Waals surface area contributed by atoms with Crippen molar-refractivity contribution in [2.45, 2.75) is 104 Å². The van der Waals surface area contributed by atoms with Gasteiger partial charge in [-0.25, -0.2) is 0 Å². The topological polar surface area (TPSA) is 64.8 Å². The molecule has 32 heavy (non-hydrogen) atoms. The predicted molar refractivity (Wildman–Crippen MR) is 128 cm³/mol. The Bertz CT molecular complexity index is 940. The van der Waals surface area contributed by atoms with E-state index in [2.05, 4.69) is 60.7 Å². The molecule has 1 aromatic carbocycles. The number of rotatable bonds is 13. The summed E-state index contributed by atoms with van der Waals surface area (Å²) >= 11 is 0. The normalized spacial score (nSPS) is 14.7. The molecule has 3 rings (SSSR count). The van der Waals surface area contributed by atoms with Crippen LogP contribution < -0.4 is 0 Å². The van der Waals surface area contributed by atoms with Gasteiger partial charge in [-0.15, -0.1) is 10.2 Å². The van der Waals surface area contributed by atoms with Crippen molar-refractivity contribution in [2.75, 3.05) is 0 Å². The Morgan fingerprint density at radius 2 is 1.88 bits per heavy atom. The van der Waals surface area contributed by atoms with E-state index in [1.807, 2.05) is 0 Å². The second kappa shape index (κ2) is 11.0. The lowest BCUT2D eigenvalue weighted by atomic mass is 9.91. The first-order valence-electron chi connectivity index (χ1n) is 12.3. The second-order valence-corrected chi connectivity index (χ2v) is 10.1. The second-order valence-electron chi connectivity index (χ2n) is 10.1. The number of hydrogen-bond donors (Lipinski definition) is 0. The number of aryl methyl sites for hydroxylation is 3. The minimum atomic E-state index is -0.0518. The third-order valence-corrected chi connectivity index (χ3v) is 6.46. The van der Waals surface area contributed by atoms with Gasteiger partial charge < -0.3 is 9.36 Å². The molecule has 1 atom stereocenters. The maximum atomic E-state index is 13.1. The number of ketones is 2. The summed E-state index contributed by atoms with van der Waals surface area (Å²) in [7, 11) is 0. The number of benzene rings is 1. The van der Waals surface area contributed by atoms with Crippen LogP contribution in [0.2, 0.25) is 0 Å². The Labute approximate surface area is 193 Å². The molecular weight excluding hydrogens is 398 g/mol. The highest BCUT2D eigenvalue weighted by Gasteiger charge is 2.32. The Kier molecular flexibility index (Phi) is 8.38. The van der Waals surface area contributed by atoms with Crippen LogP contribution in [-0.2, 0) is 22.4 Å². The Hall–Kier alpha value is -2.30. The number of aromatic nitrogens is 3. The maximum Gasteiger partial charge on any atom is 0.138 e. The monoisotopic (exact) mass is 437 g/mol. The molecule has 1 aliphatic carbocycles. The van der Waals surface area contributed by atoms with E-state index in [-0.39, 0.29) is 17.5 Å². The van der Waals surface area contributed by atoms with Gasteiger partial charge in [-0.05, 0) is 63.5 Å². The molecule has 1 saturated carbocycles. The third-order valence-electron chi connectivity index (χ3n) is 6.46. The van der Waals surface area contributed by atoms with Gasteiger partial charge in [0.1, 0.15) is 23.2 Å². The lowest BCUT2D eigenvalue weighted by Gasteiger charge is -2.18. The van der Waals surface area contributed by atoms with Gasteiger partial charge in [0, 0.05) is 37.6 Å². The van der Waals surface area contributed by atoms with Crippen molar-refractivity contribution in [1.82, 2.24) is 14.8 Å². The molecule has 2 aromatic rings. The number of Topliss-reactive ketones (excluding diaryl/α,β-unsaturated/α-hetero) is 2. The lowest BCUT2D eigenvalue weighted by Crippen LogP contribution is -2.16. The SMILES string of the molecule is CC(=O)CCC(CC(=O)Cc1ccc(C)cc1C)c1nnc(CCCC(C)C)n1C1CC1. The Morgan fingerprint density at radius 3 is 2.50 bits per heavy atom. The van der Waals surface area contributed by atoms with Crippen molar-refractivity contribution in [3.63, 3.8) is 0 Å². The average molecular weight is 438 g/mol. The summed E-state index contributed by atoms with van der Waals surface area (Å²) < 4.78 is 2.32. The number of carbonyl (C=O) groups is 2. The van der Waals surface area contributed by atoms with Gasteiger partial charge in [0.25, 0.3) is 0 Å². The summed E-state index contributed by atoms with van der Waals surface area (Å²) in [5, 5.41) is 9.15. The van der Waals surface area contributed by atoms with Gasteiger partial charge in [0.05, 0.1) is 0 Å². The smallest absolute Gasteiger partial charge is 0.138 e. The highest BCUT2D eigenvalue weighted by Crippen LogP contribution is 2.40. The molecule has 1 aliphatic rings. The van der Waals surface area contributed by atoms with Crippen molar-refractivity contribution >= 4 is 11.6 Å². The minimum Gasteiger partial charge on any atom is -0.312 e. The number of hydrogen-bond acceptors (Lipinski definition) is 4. The third kappa shape index (κ3) is 6.85. The molecule has 1 fully saturated rings. The lowest BCUT2D eigenvalue weighted by molar-refractivity contribution is -0.120. The first kappa shape index (κ1) is 24.3. The molecule has 0 aliphatic heterocycles. The van der Waals surface area contributed by atoms with Gasteiger partial charge in [0.2, 0.25) is 0 Å². The van der Waals surface area contributed by atoms with Crippen LogP contribution in [0.25, 0.3) is 0 Å². The summed E-state index contributed by atoms with van der Waals surface area (Å²) in [6.07, 6.45) is 7.49. The highest BCUT2D eigenvalue weighted by atomic mass is 16.1. The molecule has 5 heteroatoms. The highest BCUT2D eigenvalue weighted by molar-refractivity contribution is 5.82. The molecule has 0 N–H and O–H groups in total. The first-order chi connectivity index (χ1) is 15.2. The van der Waals surface area contributed by atoms with Gasteiger partial charge >= 0.3 is 0 Å². The van der Waals surface area contributed by atoms with Crippen molar-refractivity contribution < 1.29 is 9.59 Å². The van der Waals surface area contributed by atoms with Gasteiger partial charge in [-0.1, -0.05) is 44.0 Å². The zero-order chi connectivity index (χ0) is 23.3. The predicted octanol–water partition coefficient (Wildman–Crippen LogP) is 5.86. The summed E-state index contributed by atoms with van der Waals surface area (Å²) in [5.41, 5.74) is 3.46. The molecule has 0 bridgehead atoms. The van der Waals surface area contributed by atoms with Crippen molar-refractivity contribution in [3.05, 3.63) is 46.5 Å². The van der Waals surface area contributed by atoms with Crippen LogP contribution >= 0.6 is 0 Å². The summed E-state index contributed by atoms with van der Waals surface area (Å²) in [5.74, 6) is 2.96. The number of carbonyl (C=O) groups excluding carboxylic acids is 2. The quantitative estimate of drug-likeness (QED) is 0.393. The number of nitrogens with zero attached hydrogens (tertiary/aromatic N) is 3. The van der Waals surface area contributed by atoms with Crippen molar-refractivity contribution in [2.24, 2.45) is 5.92 Å². The zero-order valence-corrected chi connectivity index (χ0v) is 20.5. The summed E-state index contributed by atoms with van der Waals surface area (Å²) in [4.78, 5) is 24.8. The van der Waals surface area contributed by atoms with E-state index in [4.69, 9.17) is 0 Å². The van der Waals surface area contributed by atoms with Crippen LogP contribution in [0.15, 0.2) is 18.2 Å². The maximum absolute atomic E-state index is 13.1. The fourth-order valence-electron chi connectivity index (χ4n) is 4.49. The largest absolute Gasteiger partial charge is 0.312 e. The summed E-state index contributed by atoms with van der Waals surface area (Å²) in [6, 6.07) is 6.72. The fraction of sp³-hybridized carbons (Fsp3) is 0.630. The van der Waals surface area contributed by atoms with E-state index < -0.39 is 0 Å². The van der Waals surface area contributed by atoms with E-state index >= 15 is 0 Å². The van der Waals surface area contributed by atoms with E-state index in [1.165, 1.54) is 12.0 Å². The Morgan fingerprint density at radius 1 is 1.12 bits per heavy atom. The molecule has 0 spiro atoms. The molecular formula is C27H39N3O2.